The summed E-state index contributed by atoms with van der Waals surface area (Å²) in [4.78, 5) is 24.3. The Bertz CT molecular complexity index is 497. The van der Waals surface area contributed by atoms with Crippen molar-refractivity contribution in [1.29, 1.82) is 0 Å². The molecule has 2 amide bonds. The molecule has 2 fully saturated rings. The molecule has 2 heterocycles. The van der Waals surface area contributed by atoms with Crippen LogP contribution in [0.25, 0.3) is 0 Å². The first-order chi connectivity index (χ1) is 11.2. The zero-order chi connectivity index (χ0) is 16.5. The summed E-state index contributed by atoms with van der Waals surface area (Å²) >= 11 is 0. The summed E-state index contributed by atoms with van der Waals surface area (Å²) in [5, 5.41) is 8.54. The molecule has 1 unspecified atom stereocenters. The highest BCUT2D eigenvalue weighted by atomic mass is 16.2. The Morgan fingerprint density at radius 3 is 2.39 bits per heavy atom. The summed E-state index contributed by atoms with van der Waals surface area (Å²) in [6.07, 6.45) is 2.16. The number of rotatable bonds is 5. The smallest absolute Gasteiger partial charge is 0.241 e. The third-order valence-electron chi connectivity index (χ3n) is 3.84. The van der Waals surface area contributed by atoms with E-state index in [2.05, 4.69) is 40.2 Å². The Kier molecular flexibility index (Phi) is 7.03. The van der Waals surface area contributed by atoms with Crippen molar-refractivity contribution in [3.63, 3.8) is 0 Å². The van der Waals surface area contributed by atoms with Crippen LogP contribution in [0.5, 0.6) is 0 Å². The van der Waals surface area contributed by atoms with E-state index in [1.807, 2.05) is 6.07 Å². The van der Waals surface area contributed by atoms with Gasteiger partial charge in [0, 0.05) is 25.7 Å². The molecule has 0 bridgehead atoms. The van der Waals surface area contributed by atoms with Gasteiger partial charge in [-0.15, -0.1) is 0 Å². The minimum atomic E-state index is -0.139. The van der Waals surface area contributed by atoms with Gasteiger partial charge in [0.1, 0.15) is 0 Å². The molecule has 3 rings (SSSR count). The summed E-state index contributed by atoms with van der Waals surface area (Å²) in [6, 6.07) is 11.2. The lowest BCUT2D eigenvalue weighted by atomic mass is 10.2. The molecule has 2 saturated heterocycles. The molecule has 3 N–H and O–H groups in total. The van der Waals surface area contributed by atoms with Crippen LogP contribution in [-0.2, 0) is 9.59 Å². The fourth-order valence-electron chi connectivity index (χ4n) is 2.46. The van der Waals surface area contributed by atoms with Gasteiger partial charge in [-0.3, -0.25) is 9.59 Å². The van der Waals surface area contributed by atoms with Crippen LogP contribution >= 0.6 is 0 Å². The number of benzene rings is 1. The molecular formula is C17H26N4O2. The molecule has 23 heavy (non-hydrogen) atoms. The fraction of sp³-hybridized carbons (Fsp3) is 0.529. The molecule has 2 aliphatic heterocycles. The minimum Gasteiger partial charge on any atom is -0.346 e. The first kappa shape index (κ1) is 17.4. The van der Waals surface area contributed by atoms with E-state index in [9.17, 15) is 9.59 Å². The van der Waals surface area contributed by atoms with Gasteiger partial charge >= 0.3 is 0 Å². The number of likely N-dealkylation sites (N-methyl/N-ethyl adjacent to an activating group) is 1. The third kappa shape index (κ3) is 6.38. The van der Waals surface area contributed by atoms with Gasteiger partial charge in [-0.25, -0.2) is 0 Å². The van der Waals surface area contributed by atoms with Crippen LogP contribution in [0.15, 0.2) is 30.3 Å². The molecule has 0 radical (unpaired) electrons. The molecule has 6 heteroatoms. The van der Waals surface area contributed by atoms with Crippen LogP contribution < -0.4 is 16.0 Å². The molecule has 126 valence electrons. The number of carbonyl (C=O) groups is 2. The van der Waals surface area contributed by atoms with Crippen molar-refractivity contribution in [3.8, 4) is 0 Å². The number of nitrogens with zero attached hydrogens (tertiary/aromatic N) is 1. The average Bonchev–Trinajstić information content (AvgIpc) is 3.29. The maximum Gasteiger partial charge on any atom is 0.241 e. The number of carbonyl (C=O) groups excluding carboxylic acids is 2. The summed E-state index contributed by atoms with van der Waals surface area (Å²) in [5.74, 6) is -0.119. The van der Waals surface area contributed by atoms with Crippen molar-refractivity contribution >= 4 is 11.8 Å². The van der Waals surface area contributed by atoms with Crippen molar-refractivity contribution < 1.29 is 9.59 Å². The Balaban J connectivity index is 0.000000182. The summed E-state index contributed by atoms with van der Waals surface area (Å²) in [6.45, 7) is 3.21. The van der Waals surface area contributed by atoms with E-state index in [1.54, 1.807) is 11.9 Å². The predicted octanol–water partition coefficient (Wildman–Crippen LogP) is 0.275. The Morgan fingerprint density at radius 2 is 1.83 bits per heavy atom. The van der Waals surface area contributed by atoms with Crippen molar-refractivity contribution in [2.45, 2.75) is 18.9 Å². The van der Waals surface area contributed by atoms with Gasteiger partial charge in [0.2, 0.25) is 11.8 Å². The molecule has 2 aliphatic rings. The fourth-order valence-corrected chi connectivity index (χ4v) is 2.46. The van der Waals surface area contributed by atoms with Gasteiger partial charge in [-0.2, -0.15) is 0 Å². The van der Waals surface area contributed by atoms with Gasteiger partial charge in [0.05, 0.1) is 13.1 Å². The number of amides is 2. The normalized spacial score (nSPS) is 18.8. The van der Waals surface area contributed by atoms with Crippen LogP contribution in [0, 0.1) is 0 Å². The quantitative estimate of drug-likeness (QED) is 0.681. The number of likely N-dealkylation sites (tertiary alicyclic amines) is 1. The average molecular weight is 318 g/mol. The predicted molar refractivity (Wildman–Crippen MR) is 89.9 cm³/mol. The van der Waals surface area contributed by atoms with E-state index in [4.69, 9.17) is 0 Å². The monoisotopic (exact) mass is 318 g/mol. The van der Waals surface area contributed by atoms with Crippen LogP contribution in [0.1, 0.15) is 24.4 Å². The highest BCUT2D eigenvalue weighted by molar-refractivity contribution is 5.85. The molecule has 6 nitrogen and oxygen atoms in total. The first-order valence-electron chi connectivity index (χ1n) is 8.18. The van der Waals surface area contributed by atoms with Gasteiger partial charge in [-0.1, -0.05) is 30.3 Å². The summed E-state index contributed by atoms with van der Waals surface area (Å²) in [5.41, 5.74) is 1.41. The number of nitrogens with one attached hydrogen (secondary N) is 3. The molecule has 0 spiro atoms. The molecule has 1 atom stereocenters. The lowest BCUT2D eigenvalue weighted by Crippen LogP contribution is -2.41. The highest BCUT2D eigenvalue weighted by Crippen LogP contribution is 2.19. The molecule has 0 aromatic heterocycles. The molecule has 0 aliphatic carbocycles. The van der Waals surface area contributed by atoms with Gasteiger partial charge < -0.3 is 20.9 Å². The standard InChI is InChI=1S/C9H17N3O2.C8H9N/c1-10-6-8(13)11-7-9(14)12-4-2-3-5-12;1-2-4-7(5-3-1)8-6-9-8/h10H,2-7H2,1H3,(H,11,13);1-5,8-9H,6H2. The Morgan fingerprint density at radius 1 is 1.17 bits per heavy atom. The van der Waals surface area contributed by atoms with Crippen molar-refractivity contribution in [2.24, 2.45) is 0 Å². The maximum absolute atomic E-state index is 11.4. The van der Waals surface area contributed by atoms with E-state index in [0.717, 1.165) is 32.5 Å². The highest BCUT2D eigenvalue weighted by Gasteiger charge is 2.20. The SMILES string of the molecule is CNCC(=O)NCC(=O)N1CCCC1.c1ccc(C2CN2)cc1. The largest absolute Gasteiger partial charge is 0.346 e. The van der Waals surface area contributed by atoms with Gasteiger partial charge in [0.25, 0.3) is 0 Å². The minimum absolute atomic E-state index is 0.0203. The lowest BCUT2D eigenvalue weighted by molar-refractivity contribution is -0.131. The number of hydrogen-bond acceptors (Lipinski definition) is 4. The zero-order valence-electron chi connectivity index (χ0n) is 13.7. The maximum atomic E-state index is 11.4. The second-order valence-corrected chi connectivity index (χ2v) is 5.77. The Hall–Kier alpha value is -1.92. The van der Waals surface area contributed by atoms with Crippen molar-refractivity contribution in [2.75, 3.05) is 39.8 Å². The van der Waals surface area contributed by atoms with Gasteiger partial charge in [0.15, 0.2) is 0 Å². The van der Waals surface area contributed by atoms with Crippen LogP contribution in [0.3, 0.4) is 0 Å². The molecule has 0 saturated carbocycles. The van der Waals surface area contributed by atoms with Crippen molar-refractivity contribution in [3.05, 3.63) is 35.9 Å². The lowest BCUT2D eigenvalue weighted by Gasteiger charge is -2.15. The van der Waals surface area contributed by atoms with Crippen LogP contribution in [-0.4, -0.2) is 56.5 Å². The zero-order valence-corrected chi connectivity index (χ0v) is 13.7. The first-order valence-corrected chi connectivity index (χ1v) is 8.18. The van der Waals surface area contributed by atoms with E-state index < -0.39 is 0 Å². The summed E-state index contributed by atoms with van der Waals surface area (Å²) in [7, 11) is 1.70. The van der Waals surface area contributed by atoms with Gasteiger partial charge in [-0.05, 0) is 25.5 Å². The second-order valence-electron chi connectivity index (χ2n) is 5.77. The van der Waals surface area contributed by atoms with Crippen LogP contribution in [0.2, 0.25) is 0 Å². The van der Waals surface area contributed by atoms with E-state index in [1.165, 1.54) is 5.56 Å². The molecule has 1 aromatic rings. The summed E-state index contributed by atoms with van der Waals surface area (Å²) < 4.78 is 0. The van der Waals surface area contributed by atoms with E-state index >= 15 is 0 Å². The topological polar surface area (TPSA) is 83.4 Å². The Labute approximate surface area is 137 Å². The molecular weight excluding hydrogens is 292 g/mol. The number of hydrogen-bond donors (Lipinski definition) is 3. The van der Waals surface area contributed by atoms with Crippen LogP contribution in [0.4, 0.5) is 0 Å². The second kappa shape index (κ2) is 9.27. The third-order valence-corrected chi connectivity index (χ3v) is 3.84. The van der Waals surface area contributed by atoms with E-state index in [-0.39, 0.29) is 24.9 Å². The molecule has 1 aromatic carbocycles. The van der Waals surface area contributed by atoms with E-state index in [0.29, 0.717) is 6.04 Å². The van der Waals surface area contributed by atoms with Crippen molar-refractivity contribution in [1.82, 2.24) is 20.9 Å².